The number of sulfonamides is 1. The molecule has 3 aromatic rings. The van der Waals surface area contributed by atoms with Gasteiger partial charge in [-0.15, -0.1) is 0 Å². The minimum absolute atomic E-state index is 0.0945. The van der Waals surface area contributed by atoms with Gasteiger partial charge in [0.2, 0.25) is 0 Å². The topological polar surface area (TPSA) is 66.9 Å². The van der Waals surface area contributed by atoms with Gasteiger partial charge in [-0.25, -0.2) is 8.42 Å². The highest BCUT2D eigenvalue weighted by molar-refractivity contribution is 7.92. The quantitative estimate of drug-likeness (QED) is 0.508. The number of anilines is 1. The molecule has 1 amide bonds. The number of carbonyl (C=O) groups excluding carboxylic acids is 1. The fraction of sp³-hybridized carbons (Fsp3) is 0.269. The molecule has 7 heteroatoms. The molecule has 0 atom stereocenters. The monoisotopic (exact) mass is 464 g/mol. The molecule has 0 aliphatic carbocycles. The van der Waals surface area contributed by atoms with Crippen molar-refractivity contribution in [3.05, 3.63) is 90.0 Å². The Balaban J connectivity index is 1.70. The predicted octanol–water partition coefficient (Wildman–Crippen LogP) is 4.72. The number of likely N-dealkylation sites (tertiary alicyclic amines) is 1. The number of piperidine rings is 1. The summed E-state index contributed by atoms with van der Waals surface area (Å²) in [6.45, 7) is 1.59. The van der Waals surface area contributed by atoms with Crippen molar-refractivity contribution in [2.75, 3.05) is 24.5 Å². The Bertz CT molecular complexity index is 1190. The highest BCUT2D eigenvalue weighted by Gasteiger charge is 2.27. The number of rotatable bonds is 7. The summed E-state index contributed by atoms with van der Waals surface area (Å²) in [5, 5.41) is 0. The minimum atomic E-state index is -3.94. The van der Waals surface area contributed by atoms with Crippen molar-refractivity contribution in [2.45, 2.75) is 30.7 Å². The molecule has 1 saturated heterocycles. The van der Waals surface area contributed by atoms with Gasteiger partial charge < -0.3 is 9.64 Å². The van der Waals surface area contributed by atoms with Gasteiger partial charge in [-0.3, -0.25) is 9.10 Å². The second kappa shape index (κ2) is 10.1. The highest BCUT2D eigenvalue weighted by atomic mass is 32.2. The first kappa shape index (κ1) is 22.9. The van der Waals surface area contributed by atoms with E-state index in [9.17, 15) is 13.2 Å². The van der Waals surface area contributed by atoms with Crippen molar-refractivity contribution in [3.63, 3.8) is 0 Å². The Labute approximate surface area is 195 Å². The molecule has 4 rings (SSSR count). The number of benzene rings is 3. The van der Waals surface area contributed by atoms with E-state index in [4.69, 9.17) is 4.74 Å². The molecule has 0 spiro atoms. The zero-order valence-electron chi connectivity index (χ0n) is 18.7. The average molecular weight is 465 g/mol. The summed E-state index contributed by atoms with van der Waals surface area (Å²) in [4.78, 5) is 14.9. The van der Waals surface area contributed by atoms with Crippen LogP contribution < -0.4 is 9.04 Å². The molecular weight excluding hydrogens is 436 g/mol. The van der Waals surface area contributed by atoms with Gasteiger partial charge in [-0.2, -0.15) is 0 Å². The molecule has 0 bridgehead atoms. The van der Waals surface area contributed by atoms with Crippen LogP contribution in [0.5, 0.6) is 5.75 Å². The smallest absolute Gasteiger partial charge is 0.264 e. The van der Waals surface area contributed by atoms with Gasteiger partial charge in [0.25, 0.3) is 15.9 Å². The van der Waals surface area contributed by atoms with E-state index in [0.717, 1.165) is 24.8 Å². The Morgan fingerprint density at radius 2 is 1.61 bits per heavy atom. The second-order valence-corrected chi connectivity index (χ2v) is 9.94. The normalized spacial score (nSPS) is 14.0. The van der Waals surface area contributed by atoms with Crippen LogP contribution in [0.4, 0.5) is 5.69 Å². The Kier molecular flexibility index (Phi) is 6.99. The SMILES string of the molecule is COc1ccc(N(Cc2ccccc2)S(=O)(=O)c2cccc(C(=O)N3CCCCC3)c2)cc1. The maximum absolute atomic E-state index is 13.8. The Morgan fingerprint density at radius 1 is 0.909 bits per heavy atom. The lowest BCUT2D eigenvalue weighted by molar-refractivity contribution is 0.0724. The Morgan fingerprint density at radius 3 is 2.27 bits per heavy atom. The summed E-state index contributed by atoms with van der Waals surface area (Å²) in [7, 11) is -2.37. The molecule has 172 valence electrons. The summed E-state index contributed by atoms with van der Waals surface area (Å²) in [5.74, 6) is 0.524. The van der Waals surface area contributed by atoms with Gasteiger partial charge in [0.05, 0.1) is 24.2 Å². The lowest BCUT2D eigenvalue weighted by Crippen LogP contribution is -2.36. The van der Waals surface area contributed by atoms with Crippen LogP contribution >= 0.6 is 0 Å². The van der Waals surface area contributed by atoms with E-state index in [-0.39, 0.29) is 17.3 Å². The van der Waals surface area contributed by atoms with Gasteiger partial charge in [-0.05, 0) is 67.3 Å². The van der Waals surface area contributed by atoms with Crippen molar-refractivity contribution < 1.29 is 17.9 Å². The van der Waals surface area contributed by atoms with E-state index in [1.165, 1.54) is 10.4 Å². The maximum atomic E-state index is 13.8. The summed E-state index contributed by atoms with van der Waals surface area (Å²) in [5.41, 5.74) is 1.78. The highest BCUT2D eigenvalue weighted by Crippen LogP contribution is 2.28. The first-order chi connectivity index (χ1) is 16.0. The van der Waals surface area contributed by atoms with Gasteiger partial charge in [-0.1, -0.05) is 36.4 Å². The fourth-order valence-electron chi connectivity index (χ4n) is 4.01. The summed E-state index contributed by atoms with van der Waals surface area (Å²) < 4.78 is 34.2. The van der Waals surface area contributed by atoms with E-state index < -0.39 is 10.0 Å². The van der Waals surface area contributed by atoms with E-state index in [2.05, 4.69) is 0 Å². The largest absolute Gasteiger partial charge is 0.497 e. The van der Waals surface area contributed by atoms with Crippen LogP contribution in [0, 0.1) is 0 Å². The molecule has 1 heterocycles. The van der Waals surface area contributed by atoms with Crippen LogP contribution in [-0.2, 0) is 16.6 Å². The Hall–Kier alpha value is -3.32. The first-order valence-electron chi connectivity index (χ1n) is 11.1. The van der Waals surface area contributed by atoms with E-state index in [0.29, 0.717) is 30.1 Å². The van der Waals surface area contributed by atoms with Crippen molar-refractivity contribution in [3.8, 4) is 5.75 Å². The molecule has 1 fully saturated rings. The molecule has 33 heavy (non-hydrogen) atoms. The third kappa shape index (κ3) is 5.20. The third-order valence-corrected chi connectivity index (χ3v) is 7.61. The predicted molar refractivity (Wildman–Crippen MR) is 129 cm³/mol. The van der Waals surface area contributed by atoms with Crippen molar-refractivity contribution in [1.29, 1.82) is 0 Å². The van der Waals surface area contributed by atoms with Crippen LogP contribution in [0.2, 0.25) is 0 Å². The minimum Gasteiger partial charge on any atom is -0.497 e. The molecule has 0 unspecified atom stereocenters. The number of amides is 1. The molecular formula is C26H28N2O4S. The van der Waals surface area contributed by atoms with Gasteiger partial charge in [0.1, 0.15) is 5.75 Å². The van der Waals surface area contributed by atoms with Gasteiger partial charge >= 0.3 is 0 Å². The van der Waals surface area contributed by atoms with Gasteiger partial charge in [0.15, 0.2) is 0 Å². The van der Waals surface area contributed by atoms with Gasteiger partial charge in [0, 0.05) is 18.7 Å². The van der Waals surface area contributed by atoms with Crippen molar-refractivity contribution in [1.82, 2.24) is 4.90 Å². The molecule has 0 N–H and O–H groups in total. The van der Waals surface area contributed by atoms with Crippen LogP contribution in [0.25, 0.3) is 0 Å². The number of ether oxygens (including phenoxy) is 1. The summed E-state index contributed by atoms with van der Waals surface area (Å²) >= 11 is 0. The van der Waals surface area contributed by atoms with Crippen LogP contribution in [0.15, 0.2) is 83.8 Å². The molecule has 0 aromatic heterocycles. The van der Waals surface area contributed by atoms with E-state index in [1.54, 1.807) is 54.5 Å². The zero-order valence-corrected chi connectivity index (χ0v) is 19.5. The maximum Gasteiger partial charge on any atom is 0.264 e. The second-order valence-electron chi connectivity index (χ2n) is 8.08. The standard InChI is InChI=1S/C26H28N2O4S/c1-32-24-15-13-23(14-16-24)28(20-21-9-4-2-5-10-21)33(30,31)25-12-8-11-22(19-25)26(29)27-17-6-3-7-18-27/h2,4-5,8-16,19H,3,6-7,17-18,20H2,1H3. The first-order valence-corrected chi connectivity index (χ1v) is 12.5. The number of nitrogens with zero attached hydrogens (tertiary/aromatic N) is 2. The number of hydrogen-bond donors (Lipinski definition) is 0. The molecule has 0 saturated carbocycles. The lowest BCUT2D eigenvalue weighted by atomic mass is 10.1. The zero-order chi connectivity index (χ0) is 23.3. The molecule has 0 radical (unpaired) electrons. The van der Waals surface area contributed by atoms with E-state index >= 15 is 0 Å². The van der Waals surface area contributed by atoms with Crippen LogP contribution in [-0.4, -0.2) is 39.4 Å². The molecule has 6 nitrogen and oxygen atoms in total. The lowest BCUT2D eigenvalue weighted by Gasteiger charge is -2.27. The number of carbonyl (C=O) groups is 1. The fourth-order valence-corrected chi connectivity index (χ4v) is 5.51. The molecule has 1 aliphatic heterocycles. The van der Waals surface area contributed by atoms with E-state index in [1.807, 2.05) is 30.3 Å². The molecule has 1 aliphatic rings. The van der Waals surface area contributed by atoms with Crippen LogP contribution in [0.1, 0.15) is 35.2 Å². The molecule has 3 aromatic carbocycles. The van der Waals surface area contributed by atoms with Crippen molar-refractivity contribution in [2.24, 2.45) is 0 Å². The number of methoxy groups -OCH3 is 1. The summed E-state index contributed by atoms with van der Waals surface area (Å²) in [6, 6.07) is 22.7. The average Bonchev–Trinajstić information content (AvgIpc) is 2.88. The van der Waals surface area contributed by atoms with Crippen molar-refractivity contribution >= 4 is 21.6 Å². The number of hydrogen-bond acceptors (Lipinski definition) is 4. The third-order valence-electron chi connectivity index (χ3n) is 5.84. The van der Waals surface area contributed by atoms with Crippen LogP contribution in [0.3, 0.4) is 0 Å². The summed E-state index contributed by atoms with van der Waals surface area (Å²) in [6.07, 6.45) is 3.08.